The van der Waals surface area contributed by atoms with E-state index in [0.717, 1.165) is 0 Å². The van der Waals surface area contributed by atoms with Crippen molar-refractivity contribution in [2.75, 3.05) is 0 Å². The van der Waals surface area contributed by atoms with E-state index in [-0.39, 0.29) is 29.6 Å². The van der Waals surface area contributed by atoms with Gasteiger partial charge in [0.05, 0.1) is 12.5 Å². The van der Waals surface area contributed by atoms with Gasteiger partial charge in [0, 0.05) is 25.0 Å². The third-order valence-electron chi connectivity index (χ3n) is 5.26. The van der Waals surface area contributed by atoms with Gasteiger partial charge in [-0.1, -0.05) is 32.9 Å². The first kappa shape index (κ1) is 32.1. The van der Waals surface area contributed by atoms with Gasteiger partial charge < -0.3 is 18.6 Å². The van der Waals surface area contributed by atoms with Crippen LogP contribution < -0.4 is 0 Å². The molecule has 0 aromatic rings. The lowest BCUT2D eigenvalue weighted by Crippen LogP contribution is -2.43. The molecule has 0 aliphatic heterocycles. The molecule has 0 saturated heterocycles. The number of hydrogen-bond donors (Lipinski definition) is 0. The van der Waals surface area contributed by atoms with Crippen LogP contribution in [-0.2, 0) is 33.0 Å². The van der Waals surface area contributed by atoms with Crippen molar-refractivity contribution >= 4 is 26.2 Å². The van der Waals surface area contributed by atoms with Gasteiger partial charge in [-0.2, -0.15) is 0 Å². The van der Waals surface area contributed by atoms with E-state index in [4.69, 9.17) is 18.6 Å². The summed E-state index contributed by atoms with van der Waals surface area (Å²) in [6.45, 7) is 21.6. The molecular weight excluding hydrogens is 452 g/mol. The van der Waals surface area contributed by atoms with E-state index >= 15 is 0 Å². The van der Waals surface area contributed by atoms with Gasteiger partial charge >= 0.3 is 17.9 Å². The zero-order valence-corrected chi connectivity index (χ0v) is 24.0. The molecule has 8 heteroatoms. The summed E-state index contributed by atoms with van der Waals surface area (Å²) < 4.78 is 22.1. The predicted octanol–water partition coefficient (Wildman–Crippen LogP) is 5.88. The third kappa shape index (κ3) is 15.1. The zero-order valence-electron chi connectivity index (χ0n) is 23.0. The van der Waals surface area contributed by atoms with Crippen LogP contribution >= 0.6 is 0 Å². The van der Waals surface area contributed by atoms with Crippen LogP contribution in [0.2, 0.25) is 18.1 Å². The normalized spacial score (nSPS) is 15.7. The first-order valence-corrected chi connectivity index (χ1v) is 14.9. The second-order valence-corrected chi connectivity index (χ2v) is 16.0. The molecule has 0 heterocycles. The van der Waals surface area contributed by atoms with Gasteiger partial charge in [0.1, 0.15) is 17.8 Å². The second-order valence-electron chi connectivity index (χ2n) is 11.3. The molecule has 0 rings (SSSR count). The second kappa shape index (κ2) is 13.8. The number of hydrogen-bond acceptors (Lipinski definition) is 7. The molecule has 0 amide bonds. The van der Waals surface area contributed by atoms with Gasteiger partial charge in [0.2, 0.25) is 0 Å². The molecule has 7 nitrogen and oxygen atoms in total. The fourth-order valence-corrected chi connectivity index (χ4v) is 4.05. The summed E-state index contributed by atoms with van der Waals surface area (Å²) >= 11 is 0. The van der Waals surface area contributed by atoms with Crippen LogP contribution in [0.5, 0.6) is 0 Å². The molecule has 0 saturated carbocycles. The smallest absolute Gasteiger partial charge is 0.330 e. The highest BCUT2D eigenvalue weighted by Crippen LogP contribution is 2.37. The third-order valence-corrected chi connectivity index (χ3v) is 9.86. The van der Waals surface area contributed by atoms with Crippen molar-refractivity contribution in [2.24, 2.45) is 0 Å². The highest BCUT2D eigenvalue weighted by Gasteiger charge is 2.38. The van der Waals surface area contributed by atoms with Crippen LogP contribution in [-0.4, -0.2) is 50.1 Å². The summed E-state index contributed by atoms with van der Waals surface area (Å²) in [5.41, 5.74) is -0.549. The molecule has 0 aliphatic carbocycles. The molecule has 0 aliphatic rings. The van der Waals surface area contributed by atoms with Crippen LogP contribution in [0.15, 0.2) is 24.3 Å². The maximum atomic E-state index is 12.2. The Morgan fingerprint density at radius 1 is 0.765 bits per heavy atom. The van der Waals surface area contributed by atoms with Crippen molar-refractivity contribution in [3.63, 3.8) is 0 Å². The Hall–Kier alpha value is -1.93. The predicted molar refractivity (Wildman–Crippen MR) is 137 cm³/mol. The van der Waals surface area contributed by atoms with Crippen molar-refractivity contribution in [2.45, 2.75) is 124 Å². The van der Waals surface area contributed by atoms with Crippen molar-refractivity contribution in [1.82, 2.24) is 0 Å². The van der Waals surface area contributed by atoms with Crippen LogP contribution in [0.3, 0.4) is 0 Å². The van der Waals surface area contributed by atoms with E-state index in [9.17, 15) is 14.4 Å². The van der Waals surface area contributed by atoms with E-state index < -0.39 is 32.0 Å². The molecule has 0 aromatic heterocycles. The summed E-state index contributed by atoms with van der Waals surface area (Å²) in [7, 11) is -1.94. The minimum atomic E-state index is -1.94. The van der Waals surface area contributed by atoms with Gasteiger partial charge in [-0.3, -0.25) is 4.79 Å². The van der Waals surface area contributed by atoms with E-state index in [1.54, 1.807) is 46.8 Å². The van der Waals surface area contributed by atoms with E-state index in [0.29, 0.717) is 12.8 Å². The van der Waals surface area contributed by atoms with Crippen LogP contribution in [0.4, 0.5) is 0 Å². The van der Waals surface area contributed by atoms with Crippen LogP contribution in [0.25, 0.3) is 0 Å². The molecule has 34 heavy (non-hydrogen) atoms. The average molecular weight is 499 g/mol. The Morgan fingerprint density at radius 2 is 1.24 bits per heavy atom. The molecule has 0 aromatic carbocycles. The molecule has 196 valence electrons. The minimum Gasteiger partial charge on any atom is -0.462 e. The quantitative estimate of drug-likeness (QED) is 0.144. The monoisotopic (exact) mass is 498 g/mol. The van der Waals surface area contributed by atoms with E-state index in [2.05, 4.69) is 33.9 Å². The standard InChI is InChI=1S/C26H46O7Si/c1-19(15-13-17-23(28)32-25(4,5)6)30-22(27)16-12-14-20(2)31-24(29)18-21(3)33-34(10,11)26(7,8)9/h12-13,16-17,19-21H,14-15,18H2,1-11H3/b16-12+,17-13+/t19-,20-,21-/m0/s1. The highest BCUT2D eigenvalue weighted by atomic mass is 28.4. The van der Waals surface area contributed by atoms with Crippen LogP contribution in [0.1, 0.15) is 81.6 Å². The molecule has 0 N–H and O–H groups in total. The Kier molecular flexibility index (Phi) is 13.0. The van der Waals surface area contributed by atoms with Crippen molar-refractivity contribution < 1.29 is 33.0 Å². The molecule has 0 fully saturated rings. The van der Waals surface area contributed by atoms with E-state index in [1.807, 2.05) is 6.92 Å². The number of rotatable bonds is 12. The lowest BCUT2D eigenvalue weighted by molar-refractivity contribution is -0.150. The molecule has 0 bridgehead atoms. The maximum absolute atomic E-state index is 12.2. The van der Waals surface area contributed by atoms with Gasteiger partial charge in [0.25, 0.3) is 0 Å². The average Bonchev–Trinajstić information content (AvgIpc) is 2.57. The fourth-order valence-electron chi connectivity index (χ4n) is 2.61. The number of ether oxygens (including phenoxy) is 3. The lowest BCUT2D eigenvalue weighted by Gasteiger charge is -2.38. The topological polar surface area (TPSA) is 88.1 Å². The zero-order chi connectivity index (χ0) is 26.7. The molecule has 0 radical (unpaired) electrons. The maximum Gasteiger partial charge on any atom is 0.330 e. The Labute approximate surface area is 207 Å². The summed E-state index contributed by atoms with van der Waals surface area (Å²) in [6.07, 6.45) is 5.90. The van der Waals surface area contributed by atoms with Crippen molar-refractivity contribution in [3.05, 3.63) is 24.3 Å². The number of carbonyl (C=O) groups excluding carboxylic acids is 3. The summed E-state index contributed by atoms with van der Waals surface area (Å²) in [6, 6.07) is 0. The van der Waals surface area contributed by atoms with Crippen molar-refractivity contribution in [3.8, 4) is 0 Å². The SMILES string of the molecule is C[C@@H](C/C=C/C(=O)OC(C)(C)C)OC(=O)/C=C/C[C@H](C)OC(=O)C[C@H](C)O[Si](C)(C)C(C)(C)C. The highest BCUT2D eigenvalue weighted by molar-refractivity contribution is 6.74. The van der Waals surface area contributed by atoms with Crippen LogP contribution in [0, 0.1) is 0 Å². The molecule has 0 spiro atoms. The van der Waals surface area contributed by atoms with Gasteiger partial charge in [-0.05, 0) is 59.7 Å². The Morgan fingerprint density at radius 3 is 1.71 bits per heavy atom. The lowest BCUT2D eigenvalue weighted by atomic mass is 10.2. The summed E-state index contributed by atoms with van der Waals surface area (Å²) in [4.78, 5) is 35.8. The number of carbonyl (C=O) groups is 3. The fraction of sp³-hybridized carbons (Fsp3) is 0.731. The molecule has 3 atom stereocenters. The van der Waals surface area contributed by atoms with Gasteiger partial charge in [0.15, 0.2) is 8.32 Å². The summed E-state index contributed by atoms with van der Waals surface area (Å²) in [5, 5.41) is 0.0732. The Bertz CT molecular complexity index is 726. The largest absolute Gasteiger partial charge is 0.462 e. The van der Waals surface area contributed by atoms with Crippen molar-refractivity contribution in [1.29, 1.82) is 0 Å². The first-order chi connectivity index (χ1) is 15.3. The van der Waals surface area contributed by atoms with Gasteiger partial charge in [-0.15, -0.1) is 0 Å². The minimum absolute atomic E-state index is 0.0732. The van der Waals surface area contributed by atoms with Gasteiger partial charge in [-0.25, -0.2) is 9.59 Å². The summed E-state index contributed by atoms with van der Waals surface area (Å²) in [5.74, 6) is -1.25. The number of esters is 3. The molecule has 0 unspecified atom stereocenters. The first-order valence-electron chi connectivity index (χ1n) is 12.0. The van der Waals surface area contributed by atoms with E-state index in [1.165, 1.54) is 12.2 Å². The Balaban J connectivity index is 4.34. The molecular formula is C26H46O7Si.